The Balaban J connectivity index is 3.60. The summed E-state index contributed by atoms with van der Waals surface area (Å²) in [6.07, 6.45) is -4.83. The Kier molecular flexibility index (Phi) is 4.11. The Bertz CT molecular complexity index is 519. The number of halogens is 4. The molecule has 19 heavy (non-hydrogen) atoms. The van der Waals surface area contributed by atoms with Gasteiger partial charge in [-0.25, -0.2) is 5.01 Å². The van der Waals surface area contributed by atoms with Gasteiger partial charge in [-0.2, -0.15) is 13.2 Å². The minimum atomic E-state index is -4.83. The molecule has 0 atom stereocenters. The minimum Gasteiger partial charge on any atom is -0.397 e. The van der Waals surface area contributed by atoms with Crippen LogP contribution in [0.5, 0.6) is 0 Å². The van der Waals surface area contributed by atoms with Crippen LogP contribution in [0.3, 0.4) is 0 Å². The highest BCUT2D eigenvalue weighted by Crippen LogP contribution is 2.45. The van der Waals surface area contributed by atoms with Gasteiger partial charge >= 0.3 is 11.9 Å². The highest BCUT2D eigenvalue weighted by molar-refractivity contribution is 6.34. The van der Waals surface area contributed by atoms with E-state index in [-0.39, 0.29) is 5.69 Å². The van der Waals surface area contributed by atoms with Crippen molar-refractivity contribution in [3.05, 3.63) is 26.8 Å². The highest BCUT2D eigenvalue weighted by atomic mass is 35.5. The molecule has 3 N–H and O–H groups in total. The van der Waals surface area contributed by atoms with E-state index in [4.69, 9.17) is 17.3 Å². The number of nitrogens with zero attached hydrogens (tertiary/aromatic N) is 2. The van der Waals surface area contributed by atoms with E-state index in [1.807, 2.05) is 0 Å². The van der Waals surface area contributed by atoms with Gasteiger partial charge in [-0.1, -0.05) is 11.6 Å². The summed E-state index contributed by atoms with van der Waals surface area (Å²) in [6, 6.07) is 0.557. The summed E-state index contributed by atoms with van der Waals surface area (Å²) in [4.78, 5) is 9.88. The highest BCUT2D eigenvalue weighted by Gasteiger charge is 2.39. The second kappa shape index (κ2) is 5.10. The lowest BCUT2D eigenvalue weighted by molar-refractivity contribution is -0.384. The van der Waals surface area contributed by atoms with E-state index in [1.54, 1.807) is 0 Å². The number of hydrogen-bond donors (Lipinski definition) is 2. The molecular formula is C9H10ClF3N4O2. The number of nitro groups is 1. The van der Waals surface area contributed by atoms with Crippen molar-refractivity contribution < 1.29 is 18.1 Å². The monoisotopic (exact) mass is 298 g/mol. The number of hydrazine groups is 1. The van der Waals surface area contributed by atoms with E-state index in [2.05, 4.69) is 5.43 Å². The maximum atomic E-state index is 12.7. The van der Waals surface area contributed by atoms with E-state index >= 15 is 0 Å². The normalized spacial score (nSPS) is 11.7. The lowest BCUT2D eigenvalue weighted by atomic mass is 10.1. The number of rotatable bonds is 3. The topological polar surface area (TPSA) is 84.4 Å². The van der Waals surface area contributed by atoms with Gasteiger partial charge in [-0.05, 0) is 6.07 Å². The van der Waals surface area contributed by atoms with Crippen molar-refractivity contribution in [2.24, 2.45) is 0 Å². The maximum Gasteiger partial charge on any atom is 0.418 e. The first-order chi connectivity index (χ1) is 8.55. The lowest BCUT2D eigenvalue weighted by Gasteiger charge is -2.18. The summed E-state index contributed by atoms with van der Waals surface area (Å²) in [5.74, 6) is 0. The lowest BCUT2D eigenvalue weighted by Crippen LogP contribution is -2.22. The molecule has 0 bridgehead atoms. The number of hydrogen-bond acceptors (Lipinski definition) is 5. The van der Waals surface area contributed by atoms with Crippen molar-refractivity contribution in [3.63, 3.8) is 0 Å². The molecule has 0 amide bonds. The first kappa shape index (κ1) is 15.3. The molecule has 0 aromatic heterocycles. The molecule has 0 heterocycles. The number of benzene rings is 1. The van der Waals surface area contributed by atoms with Crippen LogP contribution in [0, 0.1) is 10.1 Å². The fourth-order valence-electron chi connectivity index (χ4n) is 1.38. The molecule has 0 aliphatic carbocycles. The average Bonchev–Trinajstić information content (AvgIpc) is 2.20. The predicted octanol–water partition coefficient (Wildman–Crippen LogP) is 2.74. The number of alkyl halides is 3. The molecule has 106 valence electrons. The van der Waals surface area contributed by atoms with Crippen LogP contribution >= 0.6 is 11.6 Å². The molecule has 0 fully saturated rings. The third-order valence-electron chi connectivity index (χ3n) is 2.09. The van der Waals surface area contributed by atoms with Crippen molar-refractivity contribution in [2.75, 3.05) is 25.3 Å². The third kappa shape index (κ3) is 3.18. The van der Waals surface area contributed by atoms with Crippen LogP contribution in [0.25, 0.3) is 0 Å². The van der Waals surface area contributed by atoms with Crippen LogP contribution in [0.15, 0.2) is 6.07 Å². The molecule has 0 aliphatic heterocycles. The molecule has 0 saturated carbocycles. The van der Waals surface area contributed by atoms with Crippen molar-refractivity contribution in [3.8, 4) is 0 Å². The van der Waals surface area contributed by atoms with E-state index < -0.39 is 33.1 Å². The Morgan fingerprint density at radius 3 is 2.37 bits per heavy atom. The fourth-order valence-corrected chi connectivity index (χ4v) is 1.71. The molecular weight excluding hydrogens is 289 g/mol. The molecule has 0 unspecified atom stereocenters. The van der Waals surface area contributed by atoms with Gasteiger partial charge in [0.05, 0.1) is 16.2 Å². The second-order valence-electron chi connectivity index (χ2n) is 3.81. The maximum absolute atomic E-state index is 12.7. The van der Waals surface area contributed by atoms with Crippen LogP contribution in [-0.4, -0.2) is 24.0 Å². The molecule has 6 nitrogen and oxygen atoms in total. The van der Waals surface area contributed by atoms with Crippen LogP contribution < -0.4 is 11.2 Å². The van der Waals surface area contributed by atoms with Crippen molar-refractivity contribution >= 4 is 28.7 Å². The van der Waals surface area contributed by atoms with Gasteiger partial charge in [0.2, 0.25) is 0 Å². The van der Waals surface area contributed by atoms with E-state index in [1.165, 1.54) is 19.1 Å². The van der Waals surface area contributed by atoms with E-state index in [9.17, 15) is 23.3 Å². The number of nitrogens with one attached hydrogen (secondary N) is 1. The summed E-state index contributed by atoms with van der Waals surface area (Å²) in [5, 5.41) is 11.2. The molecule has 0 aliphatic rings. The zero-order chi connectivity index (χ0) is 15.0. The minimum absolute atomic E-state index is 0.284. The first-order valence-corrected chi connectivity index (χ1v) is 5.21. The quantitative estimate of drug-likeness (QED) is 0.509. The number of nitrogens with two attached hydrogens (primary N) is 1. The Morgan fingerprint density at radius 1 is 1.47 bits per heavy atom. The van der Waals surface area contributed by atoms with E-state index in [0.29, 0.717) is 6.07 Å². The van der Waals surface area contributed by atoms with Crippen molar-refractivity contribution in [1.82, 2.24) is 5.01 Å². The summed E-state index contributed by atoms with van der Waals surface area (Å²) < 4.78 is 38.0. The van der Waals surface area contributed by atoms with Gasteiger partial charge in [0.25, 0.3) is 0 Å². The predicted molar refractivity (Wildman–Crippen MR) is 64.8 cm³/mol. The van der Waals surface area contributed by atoms with Gasteiger partial charge in [0.15, 0.2) is 5.69 Å². The second-order valence-corrected chi connectivity index (χ2v) is 4.19. The van der Waals surface area contributed by atoms with Gasteiger partial charge in [0.1, 0.15) is 5.02 Å². The zero-order valence-corrected chi connectivity index (χ0v) is 10.6. The van der Waals surface area contributed by atoms with Crippen LogP contribution in [-0.2, 0) is 6.18 Å². The Hall–Kier alpha value is -1.74. The summed E-state index contributed by atoms with van der Waals surface area (Å²) in [7, 11) is 2.99. The van der Waals surface area contributed by atoms with Gasteiger partial charge in [0, 0.05) is 14.1 Å². The van der Waals surface area contributed by atoms with Crippen molar-refractivity contribution in [2.45, 2.75) is 6.18 Å². The first-order valence-electron chi connectivity index (χ1n) is 4.83. The molecule has 10 heteroatoms. The number of nitrogen functional groups attached to an aromatic ring is 1. The zero-order valence-electron chi connectivity index (χ0n) is 9.88. The van der Waals surface area contributed by atoms with Crippen LogP contribution in [0.2, 0.25) is 5.02 Å². The molecule has 0 radical (unpaired) electrons. The number of anilines is 2. The van der Waals surface area contributed by atoms with Crippen molar-refractivity contribution in [1.29, 1.82) is 0 Å². The van der Waals surface area contributed by atoms with Crippen LogP contribution in [0.4, 0.5) is 30.2 Å². The molecule has 1 aromatic rings. The van der Waals surface area contributed by atoms with Gasteiger partial charge in [-0.3, -0.25) is 10.1 Å². The largest absolute Gasteiger partial charge is 0.418 e. The molecule has 1 aromatic carbocycles. The Labute approximate surface area is 111 Å². The summed E-state index contributed by atoms with van der Waals surface area (Å²) in [5.41, 5.74) is 4.92. The van der Waals surface area contributed by atoms with Gasteiger partial charge < -0.3 is 11.2 Å². The third-order valence-corrected chi connectivity index (χ3v) is 2.48. The average molecular weight is 299 g/mol. The van der Waals surface area contributed by atoms with E-state index in [0.717, 1.165) is 0 Å². The summed E-state index contributed by atoms with van der Waals surface area (Å²) >= 11 is 5.47. The molecule has 0 spiro atoms. The van der Waals surface area contributed by atoms with Crippen LogP contribution in [0.1, 0.15) is 5.56 Å². The fraction of sp³-hybridized carbons (Fsp3) is 0.333. The standard InChI is InChI=1S/C9H10ClF3N4O2/c1-16(2)15-7-5(14)3-4(9(11,12)13)6(10)8(7)17(18)19/h3,15H,14H2,1-2H3. The molecule has 1 rings (SSSR count). The molecule has 0 saturated heterocycles. The van der Waals surface area contributed by atoms with Gasteiger partial charge in [-0.15, -0.1) is 0 Å². The number of nitro benzene ring substituents is 1. The summed E-state index contributed by atoms with van der Waals surface area (Å²) in [6.45, 7) is 0. The smallest absolute Gasteiger partial charge is 0.397 e. The SMILES string of the molecule is CN(C)Nc1c(N)cc(C(F)(F)F)c(Cl)c1[N+](=O)[O-]. The Morgan fingerprint density at radius 2 is 2.00 bits per heavy atom.